The molecule has 0 unspecified atom stereocenters. The largest absolute Gasteiger partial charge is 2.00 e. The second-order valence-electron chi connectivity index (χ2n) is 5.81. The van der Waals surface area contributed by atoms with Gasteiger partial charge in [-0.15, -0.1) is 0 Å². The number of nitrogens with zero attached hydrogens (tertiary/aromatic N) is 2. The average Bonchev–Trinajstić information content (AvgIpc) is 2.90. The minimum absolute atomic E-state index is 0. The Morgan fingerprint density at radius 3 is 0.853 bits per heavy atom. The van der Waals surface area contributed by atoms with Gasteiger partial charge in [0.2, 0.25) is 0 Å². The van der Waals surface area contributed by atoms with E-state index in [-0.39, 0.29) is 16.5 Å². The normalized spacial score (nSPS) is 8.03. The van der Waals surface area contributed by atoms with Crippen molar-refractivity contribution < 1.29 is 16.5 Å². The molecule has 0 aliphatic rings. The van der Waals surface area contributed by atoms with Crippen LogP contribution < -0.4 is 21.2 Å². The van der Waals surface area contributed by atoms with Crippen LogP contribution in [-0.2, 0) is 29.1 Å². The summed E-state index contributed by atoms with van der Waals surface area (Å²) in [5.74, 6) is 0. The van der Waals surface area contributed by atoms with Gasteiger partial charge in [-0.05, 0) is 21.2 Å². The average molecular weight is 549 g/mol. The van der Waals surface area contributed by atoms with Gasteiger partial charge < -0.3 is 23.1 Å². The number of thiocyanates is 1. The van der Waals surface area contributed by atoms with Gasteiger partial charge in [0.05, 0.1) is 0 Å². The van der Waals surface area contributed by atoms with Crippen molar-refractivity contribution in [3.05, 3.63) is 132 Å². The van der Waals surface area contributed by atoms with E-state index in [1.54, 1.807) is 0 Å². The number of nitroso groups, excluding NO2 is 1. The summed E-state index contributed by atoms with van der Waals surface area (Å²) in [5, 5.41) is 14.1. The first-order valence-corrected chi connectivity index (χ1v) is 12.7. The molecular formula is C27H28N2NiOP2S. The number of rotatable bonds is 4. The van der Waals surface area contributed by atoms with Gasteiger partial charge in [-0.25, -0.2) is 5.26 Å². The van der Waals surface area contributed by atoms with Crippen LogP contribution in [0.25, 0.3) is 5.59 Å². The van der Waals surface area contributed by atoms with Crippen molar-refractivity contribution in [1.29, 1.82) is 5.26 Å². The molecule has 34 heavy (non-hydrogen) atoms. The molecule has 0 heterocycles. The zero-order valence-corrected chi connectivity index (χ0v) is 22.9. The van der Waals surface area contributed by atoms with Crippen molar-refractivity contribution in [2.75, 3.05) is 0 Å². The first kappa shape index (κ1) is 33.7. The van der Waals surface area contributed by atoms with Crippen molar-refractivity contribution >= 4 is 51.0 Å². The molecular weight excluding hydrogens is 521 g/mol. The zero-order valence-electron chi connectivity index (χ0n) is 19.1. The quantitative estimate of drug-likeness (QED) is 0.136. The summed E-state index contributed by atoms with van der Waals surface area (Å²) in [7, 11) is 1.55. The minimum Gasteiger partial charge on any atom is -0.696 e. The molecule has 178 valence electrons. The van der Waals surface area contributed by atoms with Crippen molar-refractivity contribution in [2.45, 2.75) is 13.8 Å². The topological polar surface area (TPSA) is 63.2 Å². The molecule has 0 N–H and O–H groups in total. The number of nitriles is 1. The Kier molecular flexibility index (Phi) is 25.0. The molecule has 3 nitrogen and oxygen atoms in total. The molecule has 0 bridgehead atoms. The fourth-order valence-electron chi connectivity index (χ4n) is 2.42. The van der Waals surface area contributed by atoms with Gasteiger partial charge >= 0.3 is 16.5 Å². The van der Waals surface area contributed by atoms with E-state index in [0.717, 1.165) is 17.2 Å². The second kappa shape index (κ2) is 25.2. The smallest absolute Gasteiger partial charge is 0.696 e. The van der Waals surface area contributed by atoms with Gasteiger partial charge in [-0.3, -0.25) is 0 Å². The maximum Gasteiger partial charge on any atom is 2.00 e. The van der Waals surface area contributed by atoms with Crippen LogP contribution in [0.5, 0.6) is 0 Å². The number of hydrogen-bond donors (Lipinski definition) is 0. The summed E-state index contributed by atoms with van der Waals surface area (Å²) in [6, 6.07) is 42.3. The predicted octanol–water partition coefficient (Wildman–Crippen LogP) is 5.99. The van der Waals surface area contributed by atoms with Crippen molar-refractivity contribution in [1.82, 2.24) is 0 Å². The molecule has 7 heteroatoms. The van der Waals surface area contributed by atoms with E-state index >= 15 is 0 Å². The van der Waals surface area contributed by atoms with Crippen LogP contribution in [0.1, 0.15) is 13.8 Å². The minimum atomic E-state index is 0. The molecule has 0 radical (unpaired) electrons. The summed E-state index contributed by atoms with van der Waals surface area (Å²) in [5.41, 5.74) is 5.75. The summed E-state index contributed by atoms with van der Waals surface area (Å²) < 4.78 is 0. The summed E-state index contributed by atoms with van der Waals surface area (Å²) in [6.45, 7) is 4.00. The molecule has 0 aliphatic heterocycles. The Morgan fingerprint density at radius 1 is 0.559 bits per heavy atom. The molecule has 0 saturated heterocycles. The molecule has 4 aromatic carbocycles. The van der Waals surface area contributed by atoms with Crippen molar-refractivity contribution in [3.8, 4) is 5.40 Å². The molecule has 0 atom stereocenters. The van der Waals surface area contributed by atoms with Crippen LogP contribution >= 0.6 is 17.2 Å². The monoisotopic (exact) mass is 548 g/mol. The van der Waals surface area contributed by atoms with Gasteiger partial charge in [0.15, 0.2) is 0 Å². The molecule has 0 spiro atoms. The first-order valence-electron chi connectivity index (χ1n) is 10.3. The van der Waals surface area contributed by atoms with Crippen LogP contribution in [0.4, 0.5) is 0 Å². The Morgan fingerprint density at radius 2 is 0.706 bits per heavy atom. The van der Waals surface area contributed by atoms with E-state index in [2.05, 4.69) is 134 Å². The van der Waals surface area contributed by atoms with Crippen molar-refractivity contribution in [2.24, 2.45) is 0 Å². The van der Waals surface area contributed by atoms with E-state index in [4.69, 9.17) is 15.8 Å². The third-order valence-electron chi connectivity index (χ3n) is 3.67. The Hall–Kier alpha value is -2.46. The maximum absolute atomic E-state index is 7.25. The van der Waals surface area contributed by atoms with Crippen molar-refractivity contribution in [3.63, 3.8) is 0 Å². The fraction of sp³-hybridized carbons (Fsp3) is 0.0741. The van der Waals surface area contributed by atoms with Crippen LogP contribution in [0.15, 0.2) is 121 Å². The van der Waals surface area contributed by atoms with Gasteiger partial charge in [-0.2, -0.15) is 0 Å². The summed E-state index contributed by atoms with van der Waals surface area (Å²) in [4.78, 5) is 7.25. The molecule has 4 rings (SSSR count). The van der Waals surface area contributed by atoms with Gasteiger partial charge in [-0.1, -0.05) is 158 Å². The molecule has 0 saturated carbocycles. The van der Waals surface area contributed by atoms with Crippen LogP contribution in [0, 0.1) is 15.6 Å². The van der Waals surface area contributed by atoms with Gasteiger partial charge in [0.25, 0.3) is 0 Å². The fourth-order valence-corrected chi connectivity index (χ4v) is 4.52. The SMILES string of the molecule is CC.N#C[S-].[N-]=O.[Ni+2].c1ccc(Pc2ccccc2)cc1.c1ccc(Pc2ccccc2)cc1. The van der Waals surface area contributed by atoms with E-state index in [9.17, 15) is 0 Å². The second-order valence-corrected chi connectivity index (χ2v) is 8.80. The third-order valence-corrected chi connectivity index (χ3v) is 6.16. The molecule has 4 aromatic rings. The molecule has 0 fully saturated rings. The van der Waals surface area contributed by atoms with E-state index in [1.165, 1.54) is 26.6 Å². The van der Waals surface area contributed by atoms with Crippen LogP contribution in [0.3, 0.4) is 0 Å². The Labute approximate surface area is 223 Å². The Balaban J connectivity index is 0. The van der Waals surface area contributed by atoms with Crippen LogP contribution in [0.2, 0.25) is 0 Å². The standard InChI is InChI=1S/2C12H11P.C2H6.CHNS.NO.Ni/c2*1-3-7-11(8-4-1)13-12-9-5-2-6-10-12;1-2;2-1-3;1-2;/h2*1-10,13H;1-2H3;3H;;/q;;;;-1;+2/p-1. The third kappa shape index (κ3) is 17.1. The van der Waals surface area contributed by atoms with Gasteiger partial charge in [0, 0.05) is 0 Å². The molecule has 0 aromatic heterocycles. The van der Waals surface area contributed by atoms with E-state index in [0.29, 0.717) is 0 Å². The predicted molar refractivity (Wildman–Crippen MR) is 152 cm³/mol. The maximum atomic E-state index is 7.25. The summed E-state index contributed by atoms with van der Waals surface area (Å²) in [6.07, 6.45) is 0. The van der Waals surface area contributed by atoms with E-state index < -0.39 is 0 Å². The number of hydrogen-bond acceptors (Lipinski definition) is 3. The van der Waals surface area contributed by atoms with E-state index in [1.807, 2.05) is 13.8 Å². The molecule has 0 aliphatic carbocycles. The Bertz CT molecular complexity index is 839. The first-order chi connectivity index (χ1) is 16.3. The number of benzene rings is 4. The molecule has 0 amide bonds. The van der Waals surface area contributed by atoms with Crippen LogP contribution in [-0.4, -0.2) is 0 Å². The van der Waals surface area contributed by atoms with Gasteiger partial charge in [0.1, 0.15) is 0 Å². The summed E-state index contributed by atoms with van der Waals surface area (Å²) >= 11 is 3.70. The zero-order chi connectivity index (χ0) is 24.6.